The first kappa shape index (κ1) is 8.73. The molecule has 0 N–H and O–H groups in total. The third-order valence-electron chi connectivity index (χ3n) is 2.73. The molecule has 0 atom stereocenters. The van der Waals surface area contributed by atoms with Crippen LogP contribution in [0.3, 0.4) is 0 Å². The Morgan fingerprint density at radius 2 is 1.93 bits per heavy atom. The lowest BCUT2D eigenvalue weighted by atomic mass is 10.3. The van der Waals surface area contributed by atoms with Crippen molar-refractivity contribution < 1.29 is 4.74 Å². The van der Waals surface area contributed by atoms with Crippen molar-refractivity contribution in [1.29, 1.82) is 0 Å². The van der Waals surface area contributed by atoms with Gasteiger partial charge in [0.05, 0.1) is 37.3 Å². The summed E-state index contributed by atoms with van der Waals surface area (Å²) in [5, 5.41) is 2.26. The fraction of sp³-hybridized carbons (Fsp3) is 0.364. The van der Waals surface area contributed by atoms with Crippen molar-refractivity contribution >= 4 is 11.0 Å². The topological polar surface area (TPSA) is 30.3 Å². The average molecular weight is 203 g/mol. The summed E-state index contributed by atoms with van der Waals surface area (Å²) in [6.45, 7) is 3.46. The molecule has 0 radical (unpaired) electrons. The van der Waals surface area contributed by atoms with E-state index in [1.807, 2.05) is 24.5 Å². The minimum absolute atomic E-state index is 0.798. The molecule has 0 saturated carbocycles. The van der Waals surface area contributed by atoms with E-state index in [2.05, 4.69) is 20.7 Å². The highest BCUT2D eigenvalue weighted by Crippen LogP contribution is 2.12. The molecule has 3 rings (SSSR count). The number of rotatable bonds is 1. The maximum Gasteiger partial charge on any atom is 0.116 e. The third kappa shape index (κ3) is 1.47. The Morgan fingerprint density at radius 3 is 2.80 bits per heavy atom. The number of para-hydroxylation sites is 2. The van der Waals surface area contributed by atoms with Crippen molar-refractivity contribution in [2.24, 2.45) is 0 Å². The summed E-state index contributed by atoms with van der Waals surface area (Å²) < 4.78 is 7.46. The Hall–Kier alpha value is -1.55. The number of aromatic nitrogens is 2. The maximum absolute atomic E-state index is 5.33. The van der Waals surface area contributed by atoms with Crippen LogP contribution in [0.15, 0.2) is 30.6 Å². The molecule has 78 valence electrons. The van der Waals surface area contributed by atoms with Crippen LogP contribution in [0.5, 0.6) is 0 Å². The van der Waals surface area contributed by atoms with Gasteiger partial charge in [-0.25, -0.2) is 9.66 Å². The lowest BCUT2D eigenvalue weighted by Crippen LogP contribution is -2.43. The Morgan fingerprint density at radius 1 is 1.13 bits per heavy atom. The van der Waals surface area contributed by atoms with Gasteiger partial charge in [-0.3, -0.25) is 0 Å². The van der Waals surface area contributed by atoms with Gasteiger partial charge in [-0.1, -0.05) is 12.1 Å². The van der Waals surface area contributed by atoms with Gasteiger partial charge in [-0.05, 0) is 12.1 Å². The van der Waals surface area contributed by atoms with E-state index in [0.717, 1.165) is 31.8 Å². The van der Waals surface area contributed by atoms with Crippen molar-refractivity contribution in [3.63, 3.8) is 0 Å². The molecule has 2 heterocycles. The molecular weight excluding hydrogens is 190 g/mol. The highest BCUT2D eigenvalue weighted by Gasteiger charge is 2.12. The largest absolute Gasteiger partial charge is 0.378 e. The van der Waals surface area contributed by atoms with E-state index in [4.69, 9.17) is 4.74 Å². The monoisotopic (exact) mass is 203 g/mol. The molecule has 4 nitrogen and oxygen atoms in total. The van der Waals surface area contributed by atoms with Crippen LogP contribution in [0.1, 0.15) is 0 Å². The summed E-state index contributed by atoms with van der Waals surface area (Å²) in [4.78, 5) is 4.37. The molecule has 0 bridgehead atoms. The number of hydrogen-bond acceptors (Lipinski definition) is 3. The summed E-state index contributed by atoms with van der Waals surface area (Å²) in [6.07, 6.45) is 1.88. The molecular formula is C11H13N3O. The standard InChI is InChI=1S/C11H13N3O/c1-2-4-11-10(3-1)12-9-14(11)13-5-7-15-8-6-13/h1-4,9H,5-8H2. The zero-order valence-electron chi connectivity index (χ0n) is 8.47. The van der Waals surface area contributed by atoms with E-state index in [0.29, 0.717) is 0 Å². The van der Waals surface area contributed by atoms with Crippen LogP contribution in [0.25, 0.3) is 11.0 Å². The fourth-order valence-corrected chi connectivity index (χ4v) is 1.94. The second kappa shape index (κ2) is 3.55. The molecule has 1 aromatic carbocycles. The van der Waals surface area contributed by atoms with E-state index >= 15 is 0 Å². The average Bonchev–Trinajstić information content (AvgIpc) is 2.74. The normalized spacial score (nSPS) is 17.2. The maximum atomic E-state index is 5.33. The number of benzene rings is 1. The van der Waals surface area contributed by atoms with Crippen molar-refractivity contribution in [2.45, 2.75) is 0 Å². The van der Waals surface area contributed by atoms with Crippen LogP contribution in [-0.2, 0) is 4.74 Å². The van der Waals surface area contributed by atoms with Gasteiger partial charge in [0.2, 0.25) is 0 Å². The summed E-state index contributed by atoms with van der Waals surface area (Å²) >= 11 is 0. The summed E-state index contributed by atoms with van der Waals surface area (Å²) in [5.74, 6) is 0. The van der Waals surface area contributed by atoms with Gasteiger partial charge in [0.15, 0.2) is 0 Å². The van der Waals surface area contributed by atoms with Crippen LogP contribution < -0.4 is 5.01 Å². The molecule has 0 unspecified atom stereocenters. The highest BCUT2D eigenvalue weighted by molar-refractivity contribution is 5.75. The van der Waals surface area contributed by atoms with Gasteiger partial charge in [0.1, 0.15) is 6.33 Å². The second-order valence-electron chi connectivity index (χ2n) is 3.64. The number of nitrogens with zero attached hydrogens (tertiary/aromatic N) is 3. The van der Waals surface area contributed by atoms with Crippen molar-refractivity contribution in [3.8, 4) is 0 Å². The quantitative estimate of drug-likeness (QED) is 0.692. The van der Waals surface area contributed by atoms with Gasteiger partial charge >= 0.3 is 0 Å². The third-order valence-corrected chi connectivity index (χ3v) is 2.73. The van der Waals surface area contributed by atoms with Gasteiger partial charge in [-0.15, -0.1) is 0 Å². The first-order valence-electron chi connectivity index (χ1n) is 5.20. The van der Waals surface area contributed by atoms with Gasteiger partial charge in [0.25, 0.3) is 0 Å². The first-order valence-corrected chi connectivity index (χ1v) is 5.20. The molecule has 0 spiro atoms. The number of imidazole rings is 1. The molecule has 15 heavy (non-hydrogen) atoms. The van der Waals surface area contributed by atoms with Gasteiger partial charge in [-0.2, -0.15) is 0 Å². The second-order valence-corrected chi connectivity index (χ2v) is 3.64. The first-order chi connectivity index (χ1) is 7.45. The number of hydrogen-bond donors (Lipinski definition) is 0. The molecule has 4 heteroatoms. The predicted octanol–water partition coefficient (Wildman–Crippen LogP) is 1.00. The molecule has 1 saturated heterocycles. The molecule has 2 aromatic rings. The number of fused-ring (bicyclic) bond motifs is 1. The van der Waals surface area contributed by atoms with Crippen LogP contribution in [0.4, 0.5) is 0 Å². The van der Waals surface area contributed by atoms with E-state index in [9.17, 15) is 0 Å². The fourth-order valence-electron chi connectivity index (χ4n) is 1.94. The summed E-state index contributed by atoms with van der Waals surface area (Å²) in [5.41, 5.74) is 2.21. The number of morpholine rings is 1. The SMILES string of the molecule is c1ccc2c(c1)ncn2N1CCOCC1. The Labute approximate surface area is 88.0 Å². The van der Waals surface area contributed by atoms with Crippen LogP contribution in [0.2, 0.25) is 0 Å². The van der Waals surface area contributed by atoms with Crippen LogP contribution in [-0.4, -0.2) is 36.0 Å². The zero-order valence-corrected chi connectivity index (χ0v) is 8.47. The lowest BCUT2D eigenvalue weighted by Gasteiger charge is -2.29. The minimum atomic E-state index is 0.798. The van der Waals surface area contributed by atoms with Crippen LogP contribution in [0, 0.1) is 0 Å². The molecule has 1 fully saturated rings. The minimum Gasteiger partial charge on any atom is -0.378 e. The number of ether oxygens (including phenoxy) is 1. The van der Waals surface area contributed by atoms with E-state index in [-0.39, 0.29) is 0 Å². The Kier molecular flexibility index (Phi) is 2.07. The predicted molar refractivity (Wildman–Crippen MR) is 58.5 cm³/mol. The highest BCUT2D eigenvalue weighted by atomic mass is 16.5. The van der Waals surface area contributed by atoms with Crippen molar-refractivity contribution in [2.75, 3.05) is 31.3 Å². The van der Waals surface area contributed by atoms with E-state index < -0.39 is 0 Å². The van der Waals surface area contributed by atoms with Gasteiger partial charge < -0.3 is 9.75 Å². The molecule has 1 aliphatic rings. The Balaban J connectivity index is 2.02. The summed E-state index contributed by atoms with van der Waals surface area (Å²) in [7, 11) is 0. The molecule has 0 aliphatic carbocycles. The smallest absolute Gasteiger partial charge is 0.116 e. The van der Waals surface area contributed by atoms with E-state index in [1.54, 1.807) is 0 Å². The summed E-state index contributed by atoms with van der Waals surface area (Å²) in [6, 6.07) is 8.18. The molecule has 1 aliphatic heterocycles. The van der Waals surface area contributed by atoms with Crippen LogP contribution >= 0.6 is 0 Å². The Bertz CT molecular complexity index is 460. The van der Waals surface area contributed by atoms with Crippen molar-refractivity contribution in [1.82, 2.24) is 9.66 Å². The zero-order chi connectivity index (χ0) is 10.1. The van der Waals surface area contributed by atoms with E-state index in [1.165, 1.54) is 5.52 Å². The molecule has 1 aromatic heterocycles. The lowest BCUT2D eigenvalue weighted by molar-refractivity contribution is 0.112. The van der Waals surface area contributed by atoms with Crippen molar-refractivity contribution in [3.05, 3.63) is 30.6 Å². The molecule has 0 amide bonds. The van der Waals surface area contributed by atoms with Gasteiger partial charge in [0, 0.05) is 0 Å².